The number of nitrogen functional groups attached to an aromatic ring is 1. The summed E-state index contributed by atoms with van der Waals surface area (Å²) in [6.45, 7) is 3.86. The molecule has 2 aromatic carbocycles. The van der Waals surface area contributed by atoms with Crippen LogP contribution in [0.2, 0.25) is 10.0 Å². The molecule has 33 heavy (non-hydrogen) atoms. The average Bonchev–Trinajstić information content (AvgIpc) is 2.75. The SMILES string of the molecule is CC(OCCCCCCNCC(O)c1cc(Cl)c(N)c(Cl)c1)c1ccc(NS(C)(=O)=O)cc1. The minimum atomic E-state index is -3.27. The third-order valence-corrected chi connectivity index (χ3v) is 6.35. The smallest absolute Gasteiger partial charge is 0.229 e. The van der Waals surface area contributed by atoms with E-state index in [9.17, 15) is 13.5 Å². The van der Waals surface area contributed by atoms with E-state index in [2.05, 4.69) is 10.0 Å². The van der Waals surface area contributed by atoms with E-state index in [1.807, 2.05) is 19.1 Å². The van der Waals surface area contributed by atoms with Crippen molar-refractivity contribution < 1.29 is 18.3 Å². The van der Waals surface area contributed by atoms with Gasteiger partial charge >= 0.3 is 0 Å². The Kier molecular flexibility index (Phi) is 11.2. The molecule has 0 aliphatic rings. The van der Waals surface area contributed by atoms with Gasteiger partial charge in [-0.15, -0.1) is 0 Å². The highest BCUT2D eigenvalue weighted by atomic mass is 35.5. The zero-order valence-electron chi connectivity index (χ0n) is 19.0. The Bertz CT molecular complexity index is 965. The highest BCUT2D eigenvalue weighted by Crippen LogP contribution is 2.31. The number of benzene rings is 2. The molecule has 0 bridgehead atoms. The second-order valence-corrected chi connectivity index (χ2v) is 10.6. The molecule has 184 valence electrons. The Labute approximate surface area is 206 Å². The largest absolute Gasteiger partial charge is 0.396 e. The van der Waals surface area contributed by atoms with Gasteiger partial charge in [0.05, 0.1) is 34.2 Å². The number of rotatable bonds is 14. The molecule has 0 heterocycles. The van der Waals surface area contributed by atoms with Crippen molar-refractivity contribution in [3.8, 4) is 0 Å². The van der Waals surface area contributed by atoms with Crippen molar-refractivity contribution in [2.75, 3.05) is 36.4 Å². The van der Waals surface area contributed by atoms with Gasteiger partial charge in [0, 0.05) is 18.8 Å². The lowest BCUT2D eigenvalue weighted by Gasteiger charge is -2.15. The number of halogens is 2. The molecule has 0 fully saturated rings. The van der Waals surface area contributed by atoms with Gasteiger partial charge in [-0.1, -0.05) is 48.2 Å². The van der Waals surface area contributed by atoms with Crippen molar-refractivity contribution in [1.82, 2.24) is 5.32 Å². The van der Waals surface area contributed by atoms with Crippen LogP contribution in [-0.2, 0) is 14.8 Å². The van der Waals surface area contributed by atoms with Crippen LogP contribution in [0.3, 0.4) is 0 Å². The lowest BCUT2D eigenvalue weighted by atomic mass is 10.1. The fourth-order valence-corrected chi connectivity index (χ4v) is 4.32. The fraction of sp³-hybridized carbons (Fsp3) is 0.478. The Balaban J connectivity index is 1.55. The summed E-state index contributed by atoms with van der Waals surface area (Å²) in [5.41, 5.74) is 8.22. The summed E-state index contributed by atoms with van der Waals surface area (Å²) in [6, 6.07) is 10.5. The van der Waals surface area contributed by atoms with Crippen LogP contribution >= 0.6 is 23.2 Å². The molecule has 10 heteroatoms. The lowest BCUT2D eigenvalue weighted by molar-refractivity contribution is 0.0628. The first kappa shape index (κ1) is 27.7. The third-order valence-electron chi connectivity index (χ3n) is 5.12. The Morgan fingerprint density at radius 3 is 2.24 bits per heavy atom. The molecule has 0 spiro atoms. The number of ether oxygens (including phenoxy) is 1. The summed E-state index contributed by atoms with van der Waals surface area (Å²) >= 11 is 12.0. The topological polar surface area (TPSA) is 114 Å². The number of hydrogen-bond donors (Lipinski definition) is 4. The van der Waals surface area contributed by atoms with Crippen molar-refractivity contribution in [3.63, 3.8) is 0 Å². The fourth-order valence-electron chi connectivity index (χ4n) is 3.25. The number of nitrogens with one attached hydrogen (secondary N) is 2. The van der Waals surface area contributed by atoms with Gasteiger partial charge in [-0.2, -0.15) is 0 Å². The minimum absolute atomic E-state index is 0.0595. The van der Waals surface area contributed by atoms with Gasteiger partial charge in [-0.25, -0.2) is 8.42 Å². The van der Waals surface area contributed by atoms with E-state index in [1.165, 1.54) is 0 Å². The van der Waals surface area contributed by atoms with Gasteiger partial charge in [-0.05, 0) is 61.7 Å². The van der Waals surface area contributed by atoms with Crippen LogP contribution in [0.15, 0.2) is 36.4 Å². The Morgan fingerprint density at radius 1 is 1.03 bits per heavy atom. The quantitative estimate of drug-likeness (QED) is 0.209. The Morgan fingerprint density at radius 2 is 1.64 bits per heavy atom. The molecule has 0 saturated carbocycles. The first-order valence-corrected chi connectivity index (χ1v) is 13.5. The average molecular weight is 519 g/mol. The Hall–Kier alpha value is -1.55. The molecule has 2 unspecified atom stereocenters. The van der Waals surface area contributed by atoms with Crippen molar-refractivity contribution in [2.24, 2.45) is 0 Å². The van der Waals surface area contributed by atoms with Gasteiger partial charge in [0.1, 0.15) is 0 Å². The van der Waals surface area contributed by atoms with Crippen molar-refractivity contribution in [2.45, 2.75) is 44.8 Å². The summed E-state index contributed by atoms with van der Waals surface area (Å²) in [5.74, 6) is 0. The molecule has 7 nitrogen and oxygen atoms in total. The second kappa shape index (κ2) is 13.4. The second-order valence-electron chi connectivity index (χ2n) is 8.04. The molecule has 0 amide bonds. The summed E-state index contributed by atoms with van der Waals surface area (Å²) in [7, 11) is -3.27. The molecule has 0 aliphatic carbocycles. The molecule has 0 saturated heterocycles. The summed E-state index contributed by atoms with van der Waals surface area (Å²) in [4.78, 5) is 0. The lowest BCUT2D eigenvalue weighted by Crippen LogP contribution is -2.22. The molecule has 2 atom stereocenters. The standard InChI is InChI=1S/C23H33Cl2N3O4S/c1-16(17-7-9-19(10-8-17)28-33(2,30)31)32-12-6-4-3-5-11-27-15-22(29)18-13-20(24)23(26)21(25)14-18/h7-10,13-14,16,22,27-29H,3-6,11-12,15,26H2,1-2H3. The number of aliphatic hydroxyl groups is 1. The van der Waals surface area contributed by atoms with Gasteiger partial charge in [0.15, 0.2) is 0 Å². The van der Waals surface area contributed by atoms with E-state index in [4.69, 9.17) is 33.7 Å². The molecule has 0 aromatic heterocycles. The predicted molar refractivity (Wildman–Crippen MR) is 136 cm³/mol. The van der Waals surface area contributed by atoms with E-state index in [0.717, 1.165) is 44.0 Å². The molecule has 5 N–H and O–H groups in total. The van der Waals surface area contributed by atoms with Crippen LogP contribution < -0.4 is 15.8 Å². The monoisotopic (exact) mass is 517 g/mol. The molecule has 2 aromatic rings. The van der Waals surface area contributed by atoms with Crippen LogP contribution in [0.4, 0.5) is 11.4 Å². The van der Waals surface area contributed by atoms with Crippen LogP contribution in [0.5, 0.6) is 0 Å². The summed E-state index contributed by atoms with van der Waals surface area (Å²) in [5, 5.41) is 14.2. The summed E-state index contributed by atoms with van der Waals surface area (Å²) < 4.78 is 30.9. The molecule has 0 radical (unpaired) electrons. The number of unbranched alkanes of at least 4 members (excludes halogenated alkanes) is 3. The number of sulfonamides is 1. The molecule has 0 aliphatic heterocycles. The minimum Gasteiger partial charge on any atom is -0.396 e. The van der Waals surface area contributed by atoms with Gasteiger partial charge < -0.3 is 20.9 Å². The highest BCUT2D eigenvalue weighted by molar-refractivity contribution is 7.92. The van der Waals surface area contributed by atoms with Crippen LogP contribution in [-0.4, -0.2) is 39.5 Å². The van der Waals surface area contributed by atoms with Gasteiger partial charge in [0.25, 0.3) is 0 Å². The number of anilines is 2. The maximum Gasteiger partial charge on any atom is 0.229 e. The van der Waals surface area contributed by atoms with E-state index in [-0.39, 0.29) is 6.10 Å². The zero-order chi connectivity index (χ0) is 24.4. The van der Waals surface area contributed by atoms with Gasteiger partial charge in [0.2, 0.25) is 10.0 Å². The molecular formula is C23H33Cl2N3O4S. The summed E-state index contributed by atoms with van der Waals surface area (Å²) in [6.07, 6.45) is 4.44. The first-order chi connectivity index (χ1) is 15.6. The zero-order valence-corrected chi connectivity index (χ0v) is 21.3. The third kappa shape index (κ3) is 10.1. The van der Waals surface area contributed by atoms with Crippen molar-refractivity contribution in [3.05, 3.63) is 57.6 Å². The van der Waals surface area contributed by atoms with E-state index in [0.29, 0.717) is 40.1 Å². The van der Waals surface area contributed by atoms with E-state index < -0.39 is 16.1 Å². The molecular weight excluding hydrogens is 485 g/mol. The number of aliphatic hydroxyl groups excluding tert-OH is 1. The highest BCUT2D eigenvalue weighted by Gasteiger charge is 2.12. The van der Waals surface area contributed by atoms with E-state index >= 15 is 0 Å². The van der Waals surface area contributed by atoms with Crippen LogP contribution in [0.1, 0.15) is 55.9 Å². The number of nitrogens with two attached hydrogens (primary N) is 1. The maximum absolute atomic E-state index is 11.3. The van der Waals surface area contributed by atoms with Crippen molar-refractivity contribution >= 4 is 44.6 Å². The maximum atomic E-state index is 11.3. The van der Waals surface area contributed by atoms with Gasteiger partial charge in [-0.3, -0.25) is 4.72 Å². The molecule has 2 rings (SSSR count). The van der Waals surface area contributed by atoms with E-state index in [1.54, 1.807) is 24.3 Å². The number of hydrogen-bond acceptors (Lipinski definition) is 6. The van der Waals surface area contributed by atoms with Crippen LogP contribution in [0, 0.1) is 0 Å². The first-order valence-electron chi connectivity index (χ1n) is 10.9. The predicted octanol–water partition coefficient (Wildman–Crippen LogP) is 4.91. The van der Waals surface area contributed by atoms with Crippen LogP contribution in [0.25, 0.3) is 0 Å². The van der Waals surface area contributed by atoms with Crippen molar-refractivity contribution in [1.29, 1.82) is 0 Å². The normalized spacial score (nSPS) is 13.6.